The molecule has 3 amide bonds. The molecule has 224 valence electrons. The molecule has 1 atom stereocenters. The van der Waals surface area contributed by atoms with Gasteiger partial charge in [0.05, 0.1) is 30.7 Å². The third-order valence-corrected chi connectivity index (χ3v) is 7.46. The van der Waals surface area contributed by atoms with E-state index in [-0.39, 0.29) is 17.2 Å². The summed E-state index contributed by atoms with van der Waals surface area (Å²) in [5, 5.41) is 7.82. The number of hydrogen-bond acceptors (Lipinski definition) is 7. The van der Waals surface area contributed by atoms with Gasteiger partial charge in [-0.3, -0.25) is 14.4 Å². The molecule has 0 aliphatic carbocycles. The second kappa shape index (κ2) is 15.2. The van der Waals surface area contributed by atoms with Gasteiger partial charge in [-0.05, 0) is 67.6 Å². The summed E-state index contributed by atoms with van der Waals surface area (Å²) in [7, 11) is 2.81. The number of para-hydroxylation sites is 2. The van der Waals surface area contributed by atoms with Crippen LogP contribution in [0.25, 0.3) is 6.08 Å². The Morgan fingerprint density at radius 1 is 0.773 bits per heavy atom. The van der Waals surface area contributed by atoms with Gasteiger partial charge in [0.15, 0.2) is 0 Å². The third-order valence-electron chi connectivity index (χ3n) is 6.35. The fraction of sp³-hybridized carbons (Fsp3) is 0.118. The van der Waals surface area contributed by atoms with E-state index in [1.54, 1.807) is 110 Å². The molecule has 0 radical (unpaired) electrons. The van der Waals surface area contributed by atoms with Crippen molar-refractivity contribution in [2.45, 2.75) is 17.1 Å². The van der Waals surface area contributed by atoms with Crippen LogP contribution in [-0.4, -0.2) is 43.2 Å². The summed E-state index contributed by atoms with van der Waals surface area (Å²) in [6.07, 6.45) is 1.55. The van der Waals surface area contributed by atoms with Gasteiger partial charge in [-0.15, -0.1) is 11.8 Å². The minimum absolute atomic E-state index is 0.0272. The van der Waals surface area contributed by atoms with Crippen LogP contribution in [0.15, 0.2) is 114 Å². The molecule has 0 fully saturated rings. The number of benzene rings is 4. The van der Waals surface area contributed by atoms with Crippen molar-refractivity contribution in [3.05, 3.63) is 126 Å². The van der Waals surface area contributed by atoms with Crippen molar-refractivity contribution in [1.82, 2.24) is 5.32 Å². The summed E-state index contributed by atoms with van der Waals surface area (Å²) in [5.74, 6) is -1.25. The Bertz CT molecular complexity index is 1670. The second-order valence-corrected chi connectivity index (χ2v) is 10.8. The molecule has 0 aliphatic heterocycles. The molecule has 0 heterocycles. The van der Waals surface area contributed by atoms with E-state index in [2.05, 4.69) is 16.0 Å². The number of nitrogens with one attached hydrogen (secondary N) is 3. The van der Waals surface area contributed by atoms with Gasteiger partial charge in [0, 0.05) is 21.7 Å². The van der Waals surface area contributed by atoms with E-state index in [1.807, 2.05) is 6.07 Å². The van der Waals surface area contributed by atoms with Gasteiger partial charge < -0.3 is 25.4 Å². The highest BCUT2D eigenvalue weighted by Crippen LogP contribution is 2.27. The predicted molar refractivity (Wildman–Crippen MR) is 172 cm³/mol. The molecule has 0 spiro atoms. The number of esters is 1. The number of amides is 3. The average Bonchev–Trinajstić information content (AvgIpc) is 3.05. The second-order valence-electron chi connectivity index (χ2n) is 9.39. The van der Waals surface area contributed by atoms with Gasteiger partial charge in [0.2, 0.25) is 5.91 Å². The van der Waals surface area contributed by atoms with Gasteiger partial charge >= 0.3 is 5.97 Å². The Morgan fingerprint density at radius 2 is 1.43 bits per heavy atom. The fourth-order valence-electron chi connectivity index (χ4n) is 4.07. The van der Waals surface area contributed by atoms with E-state index in [9.17, 15) is 19.2 Å². The van der Waals surface area contributed by atoms with Crippen molar-refractivity contribution in [1.29, 1.82) is 0 Å². The van der Waals surface area contributed by atoms with Crippen LogP contribution in [0.3, 0.4) is 0 Å². The molecule has 4 aromatic rings. The minimum atomic E-state index is -0.542. The Balaban J connectivity index is 1.45. The molecule has 0 bridgehead atoms. The maximum Gasteiger partial charge on any atom is 0.339 e. The van der Waals surface area contributed by atoms with Gasteiger partial charge in [-0.1, -0.05) is 48.5 Å². The first-order chi connectivity index (χ1) is 21.3. The fourth-order valence-corrected chi connectivity index (χ4v) is 4.94. The molecule has 44 heavy (non-hydrogen) atoms. The first-order valence-corrected chi connectivity index (χ1v) is 14.4. The number of ether oxygens (including phenoxy) is 2. The molecule has 9 nitrogen and oxygen atoms in total. The lowest BCUT2D eigenvalue weighted by atomic mass is 10.1. The molecule has 3 N–H and O–H groups in total. The normalized spacial score (nSPS) is 11.6. The number of anilines is 2. The van der Waals surface area contributed by atoms with Gasteiger partial charge in [-0.2, -0.15) is 0 Å². The van der Waals surface area contributed by atoms with Crippen LogP contribution in [0.4, 0.5) is 11.4 Å². The number of carbonyl (C=O) groups is 4. The van der Waals surface area contributed by atoms with Crippen LogP contribution in [0.5, 0.6) is 5.75 Å². The zero-order valence-electron chi connectivity index (χ0n) is 24.3. The highest BCUT2D eigenvalue weighted by atomic mass is 32.2. The average molecular weight is 610 g/mol. The molecule has 0 aliphatic rings. The van der Waals surface area contributed by atoms with E-state index in [1.165, 1.54) is 26.0 Å². The minimum Gasteiger partial charge on any atom is -0.496 e. The number of thioether (sulfide) groups is 1. The van der Waals surface area contributed by atoms with Crippen molar-refractivity contribution in [3.8, 4) is 5.75 Å². The lowest BCUT2D eigenvalue weighted by Gasteiger charge is -2.15. The molecule has 10 heteroatoms. The quantitative estimate of drug-likeness (QED) is 0.108. The molecular weight excluding hydrogens is 578 g/mol. The molecule has 1 unspecified atom stereocenters. The highest BCUT2D eigenvalue weighted by Gasteiger charge is 2.19. The maximum atomic E-state index is 13.4. The number of rotatable bonds is 11. The van der Waals surface area contributed by atoms with Crippen LogP contribution in [0, 0.1) is 0 Å². The van der Waals surface area contributed by atoms with Crippen LogP contribution in [0.2, 0.25) is 0 Å². The monoisotopic (exact) mass is 609 g/mol. The van der Waals surface area contributed by atoms with Crippen LogP contribution >= 0.6 is 11.8 Å². The van der Waals surface area contributed by atoms with Crippen LogP contribution in [0.1, 0.15) is 33.2 Å². The third kappa shape index (κ3) is 8.36. The smallest absolute Gasteiger partial charge is 0.339 e. The maximum absolute atomic E-state index is 13.4. The van der Waals surface area contributed by atoms with Crippen LogP contribution < -0.4 is 20.7 Å². The molecule has 0 saturated heterocycles. The Kier molecular flexibility index (Phi) is 10.9. The first-order valence-electron chi connectivity index (χ1n) is 13.6. The van der Waals surface area contributed by atoms with Gasteiger partial charge in [-0.25, -0.2) is 4.79 Å². The Morgan fingerprint density at radius 3 is 2.14 bits per heavy atom. The van der Waals surface area contributed by atoms with E-state index < -0.39 is 23.0 Å². The number of hydrogen-bond donors (Lipinski definition) is 3. The molecule has 0 saturated carbocycles. The lowest BCUT2D eigenvalue weighted by molar-refractivity contribution is -0.115. The largest absolute Gasteiger partial charge is 0.496 e. The molecule has 4 aromatic carbocycles. The lowest BCUT2D eigenvalue weighted by Crippen LogP contribution is -2.30. The number of carbonyl (C=O) groups excluding carboxylic acids is 4. The SMILES string of the molecule is COC(=O)c1ccccc1NC(=O)C(C)Sc1ccc(NC(=O)/C(=C/c2ccccc2OC)NC(=O)c2ccccc2)cc1. The van der Waals surface area contributed by atoms with Crippen molar-refractivity contribution in [2.24, 2.45) is 0 Å². The summed E-state index contributed by atoms with van der Waals surface area (Å²) in [5.41, 5.74) is 2.16. The standard InChI is InChI=1S/C34H31N3O6S/c1-22(31(38)36-28-15-9-8-14-27(28)34(41)43-3)44-26-19-17-25(18-20-26)35-33(40)29(21-24-13-7-10-16-30(24)42-2)37-32(39)23-11-5-4-6-12-23/h4-22H,1-3H3,(H,35,40)(H,36,38)(H,37,39)/b29-21-. The summed E-state index contributed by atoms with van der Waals surface area (Å²) in [6, 6.07) is 29.3. The summed E-state index contributed by atoms with van der Waals surface area (Å²) >= 11 is 1.31. The summed E-state index contributed by atoms with van der Waals surface area (Å²) in [6.45, 7) is 1.75. The Hall–Kier alpha value is -5.35. The van der Waals surface area contributed by atoms with Gasteiger partial charge in [0.25, 0.3) is 11.8 Å². The predicted octanol–water partition coefficient (Wildman–Crippen LogP) is 6.01. The summed E-state index contributed by atoms with van der Waals surface area (Å²) < 4.78 is 10.2. The van der Waals surface area contributed by atoms with Crippen molar-refractivity contribution >= 4 is 52.9 Å². The molecular formula is C34H31N3O6S. The van der Waals surface area contributed by atoms with E-state index >= 15 is 0 Å². The zero-order valence-corrected chi connectivity index (χ0v) is 25.1. The summed E-state index contributed by atoms with van der Waals surface area (Å²) in [4.78, 5) is 52.0. The zero-order chi connectivity index (χ0) is 31.5. The van der Waals surface area contributed by atoms with Crippen LogP contribution in [-0.2, 0) is 14.3 Å². The first kappa shape index (κ1) is 31.6. The van der Waals surface area contributed by atoms with Gasteiger partial charge in [0.1, 0.15) is 11.4 Å². The highest BCUT2D eigenvalue weighted by molar-refractivity contribution is 8.00. The molecule has 0 aromatic heterocycles. The van der Waals surface area contributed by atoms with Crippen molar-refractivity contribution in [3.63, 3.8) is 0 Å². The van der Waals surface area contributed by atoms with E-state index in [4.69, 9.17) is 9.47 Å². The van der Waals surface area contributed by atoms with Crippen molar-refractivity contribution < 1.29 is 28.7 Å². The van der Waals surface area contributed by atoms with E-state index in [0.29, 0.717) is 28.3 Å². The van der Waals surface area contributed by atoms with Crippen molar-refractivity contribution in [2.75, 3.05) is 24.9 Å². The Labute approximate surface area is 259 Å². The molecule has 4 rings (SSSR count). The topological polar surface area (TPSA) is 123 Å². The van der Waals surface area contributed by atoms with E-state index in [0.717, 1.165) is 4.90 Å². The number of methoxy groups -OCH3 is 2.